The number of carbonyl (C=O) groups excluding carboxylic acids is 1. The number of thioether (sulfide) groups is 1. The lowest BCUT2D eigenvalue weighted by molar-refractivity contribution is -0.113. The van der Waals surface area contributed by atoms with Gasteiger partial charge >= 0.3 is 0 Å². The summed E-state index contributed by atoms with van der Waals surface area (Å²) in [7, 11) is -3.81. The third-order valence-corrected chi connectivity index (χ3v) is 7.13. The predicted octanol–water partition coefficient (Wildman–Crippen LogP) is 3.38. The average molecular weight is 495 g/mol. The minimum atomic E-state index is -3.81. The highest BCUT2D eigenvalue weighted by Gasteiger charge is 2.19. The second kappa shape index (κ2) is 9.80. The number of benzene rings is 3. The predicted molar refractivity (Wildman–Crippen MR) is 133 cm³/mol. The van der Waals surface area contributed by atoms with Gasteiger partial charge in [0.15, 0.2) is 5.16 Å². The van der Waals surface area contributed by atoms with Crippen molar-refractivity contribution in [3.05, 3.63) is 94.8 Å². The molecule has 3 N–H and O–H groups in total. The Hall–Kier alpha value is -3.47. The molecule has 10 heteroatoms. The van der Waals surface area contributed by atoms with Crippen LogP contribution in [0.4, 0.5) is 5.69 Å². The number of aromatic nitrogens is 2. The van der Waals surface area contributed by atoms with Gasteiger partial charge in [0.1, 0.15) is 0 Å². The zero-order valence-corrected chi connectivity index (χ0v) is 19.8. The smallest absolute Gasteiger partial charge is 0.262 e. The van der Waals surface area contributed by atoms with E-state index in [1.165, 1.54) is 24.3 Å². The highest BCUT2D eigenvalue weighted by atomic mass is 32.2. The van der Waals surface area contributed by atoms with Crippen LogP contribution in [0.1, 0.15) is 18.5 Å². The first-order valence-corrected chi connectivity index (χ1v) is 12.9. The number of nitrogens with zero attached hydrogens (tertiary/aromatic N) is 2. The highest BCUT2D eigenvalue weighted by Crippen LogP contribution is 2.25. The lowest BCUT2D eigenvalue weighted by Crippen LogP contribution is -2.27. The molecule has 1 heterocycles. The molecule has 0 aliphatic carbocycles. The van der Waals surface area contributed by atoms with Crippen LogP contribution in [0.5, 0.6) is 0 Å². The van der Waals surface area contributed by atoms with Gasteiger partial charge in [0.05, 0.1) is 27.6 Å². The molecule has 3 aromatic carbocycles. The fourth-order valence-electron chi connectivity index (χ4n) is 3.50. The summed E-state index contributed by atoms with van der Waals surface area (Å²) in [5.41, 5.74) is 1.76. The van der Waals surface area contributed by atoms with Gasteiger partial charge in [-0.05, 0) is 48.9 Å². The van der Waals surface area contributed by atoms with Crippen LogP contribution in [0, 0.1) is 0 Å². The monoisotopic (exact) mass is 494 g/mol. The van der Waals surface area contributed by atoms with E-state index in [0.29, 0.717) is 21.7 Å². The average Bonchev–Trinajstić information content (AvgIpc) is 2.83. The fourth-order valence-corrected chi connectivity index (χ4v) is 4.90. The fraction of sp³-hybridized carbons (Fsp3) is 0.125. The Kier molecular flexibility index (Phi) is 6.82. The van der Waals surface area contributed by atoms with Crippen LogP contribution in [0.25, 0.3) is 10.9 Å². The normalized spacial score (nSPS) is 12.4. The van der Waals surface area contributed by atoms with E-state index in [0.717, 1.165) is 17.3 Å². The minimum Gasteiger partial charge on any atom is -0.325 e. The number of hydrogen-bond acceptors (Lipinski definition) is 6. The molecule has 0 saturated carbocycles. The maximum absolute atomic E-state index is 13.4. The molecule has 0 bridgehead atoms. The van der Waals surface area contributed by atoms with Crippen LogP contribution in [-0.2, 0) is 14.8 Å². The number of para-hydroxylation sites is 1. The molecule has 0 radical (unpaired) electrons. The first kappa shape index (κ1) is 23.7. The van der Waals surface area contributed by atoms with Crippen LogP contribution in [0.2, 0.25) is 0 Å². The number of anilines is 1. The molecule has 0 fully saturated rings. The molecule has 0 saturated heterocycles. The topological polar surface area (TPSA) is 124 Å². The molecular formula is C24H22N4O4S2. The number of sulfonamides is 1. The number of hydrogen-bond donors (Lipinski definition) is 2. The molecule has 34 heavy (non-hydrogen) atoms. The van der Waals surface area contributed by atoms with Crippen molar-refractivity contribution in [3.8, 4) is 0 Å². The van der Waals surface area contributed by atoms with E-state index in [1.54, 1.807) is 22.8 Å². The van der Waals surface area contributed by atoms with E-state index in [2.05, 4.69) is 10.3 Å². The third-order valence-electron chi connectivity index (χ3n) is 5.24. The number of rotatable bonds is 7. The van der Waals surface area contributed by atoms with E-state index in [4.69, 9.17) is 5.14 Å². The molecule has 1 amide bonds. The largest absolute Gasteiger partial charge is 0.325 e. The zero-order valence-electron chi connectivity index (χ0n) is 18.2. The quantitative estimate of drug-likeness (QED) is 0.300. The summed E-state index contributed by atoms with van der Waals surface area (Å²) < 4.78 is 24.4. The maximum Gasteiger partial charge on any atom is 0.262 e. The van der Waals surface area contributed by atoms with Crippen molar-refractivity contribution in [2.75, 3.05) is 11.1 Å². The Morgan fingerprint density at radius 1 is 1.03 bits per heavy atom. The van der Waals surface area contributed by atoms with Gasteiger partial charge in [-0.2, -0.15) is 0 Å². The van der Waals surface area contributed by atoms with Crippen LogP contribution in [-0.4, -0.2) is 29.6 Å². The SMILES string of the molecule is C[C@@H](c1ccccc1)n1c(SCC(=O)Nc2ccc(S(N)(=O)=O)cc2)nc2ccccc2c1=O. The third kappa shape index (κ3) is 5.19. The molecule has 0 spiro atoms. The molecule has 8 nitrogen and oxygen atoms in total. The molecule has 174 valence electrons. The first-order valence-electron chi connectivity index (χ1n) is 10.4. The van der Waals surface area contributed by atoms with E-state index >= 15 is 0 Å². The summed E-state index contributed by atoms with van der Waals surface area (Å²) in [5.74, 6) is -0.321. The lowest BCUT2D eigenvalue weighted by Gasteiger charge is -2.20. The molecule has 0 aliphatic heterocycles. The summed E-state index contributed by atoms with van der Waals surface area (Å²) in [6, 6.07) is 22.0. The van der Waals surface area contributed by atoms with E-state index < -0.39 is 10.0 Å². The molecule has 4 rings (SSSR count). The van der Waals surface area contributed by atoms with Crippen molar-refractivity contribution in [2.24, 2.45) is 5.14 Å². The van der Waals surface area contributed by atoms with Gasteiger partial charge in [-0.15, -0.1) is 0 Å². The van der Waals surface area contributed by atoms with Crippen molar-refractivity contribution in [1.82, 2.24) is 9.55 Å². The number of primary sulfonamides is 1. The van der Waals surface area contributed by atoms with Crippen molar-refractivity contribution < 1.29 is 13.2 Å². The second-order valence-electron chi connectivity index (χ2n) is 7.58. The Morgan fingerprint density at radius 2 is 1.68 bits per heavy atom. The number of fused-ring (bicyclic) bond motifs is 1. The van der Waals surface area contributed by atoms with Gasteiger partial charge in [0.2, 0.25) is 15.9 Å². The van der Waals surface area contributed by atoms with Gasteiger partial charge in [-0.1, -0.05) is 54.2 Å². The van der Waals surface area contributed by atoms with Gasteiger partial charge in [0.25, 0.3) is 5.56 Å². The van der Waals surface area contributed by atoms with Gasteiger partial charge in [-0.25, -0.2) is 18.5 Å². The Labute approximate surface area is 200 Å². The van der Waals surface area contributed by atoms with Crippen LogP contribution in [0.3, 0.4) is 0 Å². The summed E-state index contributed by atoms with van der Waals surface area (Å²) in [6.45, 7) is 1.92. The second-order valence-corrected chi connectivity index (χ2v) is 10.1. The standard InChI is InChI=1S/C24H22N4O4S2/c1-16(17-7-3-2-4-8-17)28-23(30)20-9-5-6-10-21(20)27-24(28)33-15-22(29)26-18-11-13-19(14-12-18)34(25,31)32/h2-14,16H,15H2,1H3,(H,26,29)(H2,25,31,32)/t16-/m0/s1. The van der Waals surface area contributed by atoms with Crippen LogP contribution >= 0.6 is 11.8 Å². The maximum atomic E-state index is 13.4. The van der Waals surface area contributed by atoms with Gasteiger partial charge < -0.3 is 5.32 Å². The molecule has 0 aliphatic rings. The van der Waals surface area contributed by atoms with Crippen molar-refractivity contribution in [3.63, 3.8) is 0 Å². The van der Waals surface area contributed by atoms with Crippen molar-refractivity contribution >= 4 is 44.3 Å². The van der Waals surface area contributed by atoms with Crippen molar-refractivity contribution in [2.45, 2.75) is 23.0 Å². The highest BCUT2D eigenvalue weighted by molar-refractivity contribution is 7.99. The van der Waals surface area contributed by atoms with Crippen LogP contribution in [0.15, 0.2) is 93.7 Å². The zero-order chi connectivity index (χ0) is 24.3. The summed E-state index contributed by atoms with van der Waals surface area (Å²) in [4.78, 5) is 30.6. The summed E-state index contributed by atoms with van der Waals surface area (Å²) in [5, 5.41) is 8.75. The number of amides is 1. The summed E-state index contributed by atoms with van der Waals surface area (Å²) >= 11 is 1.16. The van der Waals surface area contributed by atoms with Gasteiger partial charge in [0, 0.05) is 5.69 Å². The molecular weight excluding hydrogens is 472 g/mol. The lowest BCUT2D eigenvalue weighted by atomic mass is 10.1. The van der Waals surface area contributed by atoms with Crippen molar-refractivity contribution in [1.29, 1.82) is 0 Å². The van der Waals surface area contributed by atoms with E-state index in [1.807, 2.05) is 43.3 Å². The van der Waals surface area contributed by atoms with Crippen LogP contribution < -0.4 is 16.0 Å². The summed E-state index contributed by atoms with van der Waals surface area (Å²) in [6.07, 6.45) is 0. The Bertz CT molecular complexity index is 1500. The minimum absolute atomic E-state index is 0.00320. The Balaban J connectivity index is 1.59. The van der Waals surface area contributed by atoms with E-state index in [9.17, 15) is 18.0 Å². The number of nitrogens with one attached hydrogen (secondary N) is 1. The first-order chi connectivity index (χ1) is 16.2. The number of nitrogens with two attached hydrogens (primary N) is 1. The molecule has 1 aromatic heterocycles. The number of carbonyl (C=O) groups is 1. The van der Waals surface area contributed by atoms with E-state index in [-0.39, 0.29) is 28.2 Å². The Morgan fingerprint density at radius 3 is 2.35 bits per heavy atom. The molecule has 4 aromatic rings. The molecule has 0 unspecified atom stereocenters. The van der Waals surface area contributed by atoms with Gasteiger partial charge in [-0.3, -0.25) is 14.2 Å². The molecule has 1 atom stereocenters.